The third kappa shape index (κ3) is 3.79. The Kier molecular flexibility index (Phi) is 5.21. The van der Waals surface area contributed by atoms with Crippen LogP contribution in [0.1, 0.15) is 18.4 Å². The van der Waals surface area contributed by atoms with Gasteiger partial charge in [0.05, 0.1) is 10.6 Å². The van der Waals surface area contributed by atoms with Crippen molar-refractivity contribution in [2.75, 3.05) is 30.5 Å². The minimum Gasteiger partial charge on any atom is -0.302 e. The first-order valence-electron chi connectivity index (χ1n) is 8.44. The molecule has 4 nitrogen and oxygen atoms in total. The van der Waals surface area contributed by atoms with E-state index in [2.05, 4.69) is 4.90 Å². The maximum atomic E-state index is 13.2. The van der Waals surface area contributed by atoms with Crippen LogP contribution in [0.5, 0.6) is 0 Å². The number of aryl methyl sites for hydroxylation is 1. The zero-order chi connectivity index (χ0) is 17.0. The number of para-hydroxylation sites is 1. The average Bonchev–Trinajstić information content (AvgIpc) is 3.10. The van der Waals surface area contributed by atoms with Crippen LogP contribution in [0.4, 0.5) is 5.69 Å². The van der Waals surface area contributed by atoms with Crippen molar-refractivity contribution in [3.63, 3.8) is 0 Å². The second-order valence-electron chi connectivity index (χ2n) is 6.27. The number of anilines is 1. The van der Waals surface area contributed by atoms with Gasteiger partial charge in [-0.05, 0) is 57.1 Å². The van der Waals surface area contributed by atoms with Gasteiger partial charge in [0.15, 0.2) is 0 Å². The molecule has 0 spiro atoms. The van der Waals surface area contributed by atoms with E-state index in [1.807, 2.05) is 49.4 Å². The first-order chi connectivity index (χ1) is 11.6. The van der Waals surface area contributed by atoms with Crippen LogP contribution < -0.4 is 4.31 Å². The summed E-state index contributed by atoms with van der Waals surface area (Å²) in [5.41, 5.74) is 1.77. The first-order valence-corrected chi connectivity index (χ1v) is 9.88. The van der Waals surface area contributed by atoms with Crippen molar-refractivity contribution in [3.05, 3.63) is 60.2 Å². The molecular formula is C19H24N2O2S. The molecule has 0 amide bonds. The van der Waals surface area contributed by atoms with E-state index in [9.17, 15) is 8.42 Å². The van der Waals surface area contributed by atoms with Gasteiger partial charge in [-0.25, -0.2) is 8.42 Å². The smallest absolute Gasteiger partial charge is 0.264 e. The lowest BCUT2D eigenvalue weighted by atomic mass is 10.2. The van der Waals surface area contributed by atoms with Crippen LogP contribution in [-0.2, 0) is 10.0 Å². The molecule has 1 heterocycles. The first kappa shape index (κ1) is 17.0. The molecule has 2 aromatic carbocycles. The van der Waals surface area contributed by atoms with E-state index in [0.717, 1.165) is 30.9 Å². The number of likely N-dealkylation sites (tertiary alicyclic amines) is 1. The molecule has 3 rings (SSSR count). The van der Waals surface area contributed by atoms with E-state index in [1.165, 1.54) is 17.1 Å². The van der Waals surface area contributed by atoms with Crippen molar-refractivity contribution in [3.8, 4) is 0 Å². The standard InChI is InChI=1S/C19H24N2O2S/c1-17-9-11-19(12-10-17)24(22,23)21(18-7-3-2-4-8-18)16-15-20-13-5-6-14-20/h2-4,7-12H,5-6,13-16H2,1H3. The van der Waals surface area contributed by atoms with Crippen molar-refractivity contribution in [1.82, 2.24) is 4.90 Å². The number of rotatable bonds is 6. The van der Waals surface area contributed by atoms with Crippen molar-refractivity contribution < 1.29 is 8.42 Å². The highest BCUT2D eigenvalue weighted by Crippen LogP contribution is 2.24. The summed E-state index contributed by atoms with van der Waals surface area (Å²) in [5, 5.41) is 0. The molecule has 0 unspecified atom stereocenters. The molecule has 0 atom stereocenters. The van der Waals surface area contributed by atoms with E-state index in [4.69, 9.17) is 0 Å². The molecule has 1 aliphatic rings. The molecule has 24 heavy (non-hydrogen) atoms. The lowest BCUT2D eigenvalue weighted by molar-refractivity contribution is 0.349. The topological polar surface area (TPSA) is 40.6 Å². The van der Waals surface area contributed by atoms with E-state index < -0.39 is 10.0 Å². The van der Waals surface area contributed by atoms with Gasteiger partial charge < -0.3 is 4.90 Å². The Balaban J connectivity index is 1.89. The van der Waals surface area contributed by atoms with Gasteiger partial charge in [-0.3, -0.25) is 4.31 Å². The van der Waals surface area contributed by atoms with Gasteiger partial charge >= 0.3 is 0 Å². The van der Waals surface area contributed by atoms with E-state index >= 15 is 0 Å². The normalized spacial score (nSPS) is 15.5. The number of hydrogen-bond acceptors (Lipinski definition) is 3. The summed E-state index contributed by atoms with van der Waals surface area (Å²) in [6.45, 7) is 5.32. The maximum absolute atomic E-state index is 13.2. The predicted molar refractivity (Wildman–Crippen MR) is 97.8 cm³/mol. The Bertz CT molecular complexity index is 752. The lowest BCUT2D eigenvalue weighted by Crippen LogP contribution is -2.38. The third-order valence-corrected chi connectivity index (χ3v) is 6.31. The van der Waals surface area contributed by atoms with Crippen LogP contribution in [0.2, 0.25) is 0 Å². The van der Waals surface area contributed by atoms with Crippen LogP contribution in [0, 0.1) is 6.92 Å². The summed E-state index contributed by atoms with van der Waals surface area (Å²) < 4.78 is 27.9. The highest BCUT2D eigenvalue weighted by Gasteiger charge is 2.25. The molecular weight excluding hydrogens is 320 g/mol. The summed E-state index contributed by atoms with van der Waals surface area (Å²) in [7, 11) is -3.56. The quantitative estimate of drug-likeness (QED) is 0.807. The summed E-state index contributed by atoms with van der Waals surface area (Å²) in [4.78, 5) is 2.68. The number of hydrogen-bond donors (Lipinski definition) is 0. The Labute approximate surface area is 144 Å². The number of sulfonamides is 1. The highest BCUT2D eigenvalue weighted by atomic mass is 32.2. The van der Waals surface area contributed by atoms with Gasteiger partial charge in [0, 0.05) is 13.1 Å². The Morgan fingerprint density at radius 3 is 2.21 bits per heavy atom. The van der Waals surface area contributed by atoms with Crippen molar-refractivity contribution in [2.45, 2.75) is 24.7 Å². The summed E-state index contributed by atoms with van der Waals surface area (Å²) in [6, 6.07) is 16.4. The minimum absolute atomic E-state index is 0.346. The fourth-order valence-electron chi connectivity index (χ4n) is 3.06. The molecule has 0 bridgehead atoms. The molecule has 0 aromatic heterocycles. The number of benzene rings is 2. The molecule has 0 aliphatic carbocycles. The predicted octanol–water partition coefficient (Wildman–Crippen LogP) is 3.29. The van der Waals surface area contributed by atoms with E-state index in [1.54, 1.807) is 12.1 Å². The fraction of sp³-hybridized carbons (Fsp3) is 0.368. The molecule has 1 aliphatic heterocycles. The molecule has 1 saturated heterocycles. The maximum Gasteiger partial charge on any atom is 0.264 e. The molecule has 128 valence electrons. The van der Waals surface area contributed by atoms with Crippen molar-refractivity contribution in [2.24, 2.45) is 0 Å². The molecule has 2 aromatic rings. The second-order valence-corrected chi connectivity index (χ2v) is 8.14. The van der Waals surface area contributed by atoms with Gasteiger partial charge in [0.2, 0.25) is 0 Å². The Morgan fingerprint density at radius 1 is 0.958 bits per heavy atom. The molecule has 0 radical (unpaired) electrons. The molecule has 0 saturated carbocycles. The SMILES string of the molecule is Cc1ccc(S(=O)(=O)N(CCN2CCCC2)c2ccccc2)cc1. The van der Waals surface area contributed by atoms with Crippen LogP contribution >= 0.6 is 0 Å². The van der Waals surface area contributed by atoms with Crippen LogP contribution in [0.25, 0.3) is 0 Å². The Morgan fingerprint density at radius 2 is 1.58 bits per heavy atom. The lowest BCUT2D eigenvalue weighted by Gasteiger charge is -2.27. The van der Waals surface area contributed by atoms with Gasteiger partial charge in [-0.2, -0.15) is 0 Å². The van der Waals surface area contributed by atoms with Crippen LogP contribution in [0.15, 0.2) is 59.5 Å². The van der Waals surface area contributed by atoms with Crippen LogP contribution in [0.3, 0.4) is 0 Å². The summed E-state index contributed by atoms with van der Waals surface area (Å²) in [6.07, 6.45) is 2.41. The fourth-order valence-corrected chi connectivity index (χ4v) is 4.51. The third-order valence-electron chi connectivity index (χ3n) is 4.47. The molecule has 1 fully saturated rings. The van der Waals surface area contributed by atoms with E-state index in [-0.39, 0.29) is 0 Å². The summed E-state index contributed by atoms with van der Waals surface area (Å²) >= 11 is 0. The van der Waals surface area contributed by atoms with Gasteiger partial charge in [0.1, 0.15) is 0 Å². The van der Waals surface area contributed by atoms with Gasteiger partial charge in [-0.1, -0.05) is 35.9 Å². The zero-order valence-electron chi connectivity index (χ0n) is 14.1. The van der Waals surface area contributed by atoms with Crippen molar-refractivity contribution in [1.29, 1.82) is 0 Å². The van der Waals surface area contributed by atoms with Gasteiger partial charge in [0.25, 0.3) is 10.0 Å². The number of nitrogens with zero attached hydrogens (tertiary/aromatic N) is 2. The average molecular weight is 344 g/mol. The van der Waals surface area contributed by atoms with Crippen LogP contribution in [-0.4, -0.2) is 39.5 Å². The zero-order valence-corrected chi connectivity index (χ0v) is 14.9. The Hall–Kier alpha value is -1.85. The van der Waals surface area contributed by atoms with Gasteiger partial charge in [-0.15, -0.1) is 0 Å². The second kappa shape index (κ2) is 7.36. The summed E-state index contributed by atoms with van der Waals surface area (Å²) in [5.74, 6) is 0. The van der Waals surface area contributed by atoms with Crippen molar-refractivity contribution >= 4 is 15.7 Å². The monoisotopic (exact) mass is 344 g/mol. The highest BCUT2D eigenvalue weighted by molar-refractivity contribution is 7.92. The molecule has 5 heteroatoms. The minimum atomic E-state index is -3.56. The van der Waals surface area contributed by atoms with E-state index in [0.29, 0.717) is 11.4 Å². The largest absolute Gasteiger partial charge is 0.302 e. The molecule has 0 N–H and O–H groups in total.